The predicted octanol–water partition coefficient (Wildman–Crippen LogP) is 2.54. The number of guanidine groups is 1. The molecule has 2 rings (SSSR count). The Morgan fingerprint density at radius 1 is 1.26 bits per heavy atom. The van der Waals surface area contributed by atoms with Gasteiger partial charge in [-0.1, -0.05) is 25.1 Å². The van der Waals surface area contributed by atoms with Crippen molar-refractivity contribution in [3.05, 3.63) is 29.8 Å². The minimum atomic E-state index is -2.84. The van der Waals surface area contributed by atoms with Crippen LogP contribution in [0.15, 0.2) is 29.3 Å². The van der Waals surface area contributed by atoms with E-state index in [1.165, 1.54) is 6.07 Å². The summed E-state index contributed by atoms with van der Waals surface area (Å²) in [6.07, 6.45) is 0. The molecule has 0 radical (unpaired) electrons. The number of nitrogens with zero attached hydrogens (tertiary/aromatic N) is 2. The molecule has 27 heavy (non-hydrogen) atoms. The molecule has 9 heteroatoms. The van der Waals surface area contributed by atoms with E-state index in [0.717, 1.165) is 39.4 Å². The van der Waals surface area contributed by atoms with Crippen LogP contribution < -0.4 is 15.4 Å². The van der Waals surface area contributed by atoms with Gasteiger partial charge in [0, 0.05) is 45.3 Å². The van der Waals surface area contributed by atoms with E-state index in [1.54, 1.807) is 25.2 Å². The maximum atomic E-state index is 12.5. The van der Waals surface area contributed by atoms with Crippen LogP contribution in [-0.2, 0) is 11.3 Å². The van der Waals surface area contributed by atoms with Crippen molar-refractivity contribution in [3.63, 3.8) is 0 Å². The first-order chi connectivity index (χ1) is 12.6. The maximum Gasteiger partial charge on any atom is 0.387 e. The van der Waals surface area contributed by atoms with Gasteiger partial charge in [0.05, 0.1) is 13.2 Å². The second-order valence-electron chi connectivity index (χ2n) is 6.31. The number of hydrogen-bond donors (Lipinski definition) is 2. The van der Waals surface area contributed by atoms with Crippen molar-refractivity contribution in [3.8, 4) is 5.75 Å². The van der Waals surface area contributed by atoms with Crippen LogP contribution in [-0.4, -0.2) is 63.9 Å². The molecule has 6 nitrogen and oxygen atoms in total. The summed E-state index contributed by atoms with van der Waals surface area (Å²) in [4.78, 5) is 6.58. The average Bonchev–Trinajstić information content (AvgIpc) is 2.63. The molecule has 0 aliphatic carbocycles. The minimum Gasteiger partial charge on any atom is -0.434 e. The van der Waals surface area contributed by atoms with Crippen molar-refractivity contribution >= 4 is 29.9 Å². The van der Waals surface area contributed by atoms with Crippen molar-refractivity contribution in [2.75, 3.05) is 46.4 Å². The molecule has 0 aromatic heterocycles. The zero-order valence-corrected chi connectivity index (χ0v) is 18.1. The summed E-state index contributed by atoms with van der Waals surface area (Å²) < 4.78 is 34.9. The minimum absolute atomic E-state index is 0. The number of hydrogen-bond acceptors (Lipinski definition) is 4. The van der Waals surface area contributed by atoms with Gasteiger partial charge in [-0.3, -0.25) is 9.89 Å². The Kier molecular flexibility index (Phi) is 11.5. The summed E-state index contributed by atoms with van der Waals surface area (Å²) in [5.41, 5.74) is 0.650. The summed E-state index contributed by atoms with van der Waals surface area (Å²) >= 11 is 0. The quantitative estimate of drug-likeness (QED) is 0.328. The lowest BCUT2D eigenvalue weighted by Gasteiger charge is -2.29. The fourth-order valence-electron chi connectivity index (χ4n) is 2.82. The van der Waals surface area contributed by atoms with Crippen molar-refractivity contribution in [2.45, 2.75) is 20.1 Å². The van der Waals surface area contributed by atoms with Gasteiger partial charge in [0.15, 0.2) is 5.96 Å². The SMILES string of the molecule is CN=C(NCc1ccccc1OC(F)F)NCC(C)CN1CCOCC1.I. The molecule has 0 saturated carbocycles. The number of nitrogens with one attached hydrogen (secondary N) is 2. The molecule has 1 fully saturated rings. The summed E-state index contributed by atoms with van der Waals surface area (Å²) in [7, 11) is 1.68. The second kappa shape index (κ2) is 13.1. The van der Waals surface area contributed by atoms with E-state index in [2.05, 4.69) is 32.2 Å². The summed E-state index contributed by atoms with van der Waals surface area (Å²) in [6.45, 7) is 4.99. The van der Waals surface area contributed by atoms with Crippen LogP contribution in [0.1, 0.15) is 12.5 Å². The summed E-state index contributed by atoms with van der Waals surface area (Å²) in [5.74, 6) is 1.25. The Morgan fingerprint density at radius 3 is 2.63 bits per heavy atom. The largest absolute Gasteiger partial charge is 0.434 e. The number of benzene rings is 1. The highest BCUT2D eigenvalue weighted by atomic mass is 127. The van der Waals surface area contributed by atoms with Gasteiger partial charge in [-0.25, -0.2) is 0 Å². The highest BCUT2D eigenvalue weighted by molar-refractivity contribution is 14.0. The molecule has 1 aliphatic heterocycles. The number of rotatable bonds is 8. The van der Waals surface area contributed by atoms with Crippen LogP contribution in [0.25, 0.3) is 0 Å². The van der Waals surface area contributed by atoms with Crippen molar-refractivity contribution in [2.24, 2.45) is 10.9 Å². The van der Waals surface area contributed by atoms with Gasteiger partial charge in [-0.15, -0.1) is 24.0 Å². The molecule has 0 bridgehead atoms. The summed E-state index contributed by atoms with van der Waals surface area (Å²) in [6, 6.07) is 6.74. The van der Waals surface area contributed by atoms with Crippen LogP contribution in [0.2, 0.25) is 0 Å². The van der Waals surface area contributed by atoms with Crippen molar-refractivity contribution in [1.82, 2.24) is 15.5 Å². The lowest BCUT2D eigenvalue weighted by molar-refractivity contribution is -0.0504. The molecule has 1 aromatic rings. The van der Waals surface area contributed by atoms with Crippen LogP contribution in [0.3, 0.4) is 0 Å². The number of ether oxygens (including phenoxy) is 2. The monoisotopic (exact) mass is 498 g/mol. The Labute approximate surface area is 176 Å². The third kappa shape index (κ3) is 9.02. The van der Waals surface area contributed by atoms with E-state index in [1.807, 2.05) is 0 Å². The maximum absolute atomic E-state index is 12.5. The standard InChI is InChI=1S/C18H28F2N4O2.HI/c1-14(13-24-7-9-25-10-8-24)11-22-18(21-2)23-12-15-5-3-4-6-16(15)26-17(19)20;/h3-6,14,17H,7-13H2,1-2H3,(H2,21,22,23);1H. The van der Waals surface area contributed by atoms with E-state index in [-0.39, 0.29) is 29.7 Å². The zero-order chi connectivity index (χ0) is 18.8. The number of alkyl halides is 2. The Hall–Kier alpha value is -1.20. The molecule has 1 saturated heterocycles. The van der Waals surface area contributed by atoms with E-state index < -0.39 is 6.61 Å². The number of morpholine rings is 1. The van der Waals surface area contributed by atoms with Crippen molar-refractivity contribution in [1.29, 1.82) is 0 Å². The van der Waals surface area contributed by atoms with Gasteiger partial charge in [0.1, 0.15) is 5.75 Å². The van der Waals surface area contributed by atoms with Gasteiger partial charge in [-0.2, -0.15) is 8.78 Å². The van der Waals surface area contributed by atoms with Gasteiger partial charge in [-0.05, 0) is 12.0 Å². The third-order valence-electron chi connectivity index (χ3n) is 4.15. The van der Waals surface area contributed by atoms with Crippen LogP contribution >= 0.6 is 24.0 Å². The van der Waals surface area contributed by atoms with Crippen LogP contribution in [0.5, 0.6) is 5.75 Å². The molecular weight excluding hydrogens is 469 g/mol. The highest BCUT2D eigenvalue weighted by Gasteiger charge is 2.14. The molecule has 0 spiro atoms. The smallest absolute Gasteiger partial charge is 0.387 e. The zero-order valence-electron chi connectivity index (χ0n) is 15.8. The van der Waals surface area contributed by atoms with Crippen LogP contribution in [0.4, 0.5) is 8.78 Å². The lowest BCUT2D eigenvalue weighted by Crippen LogP contribution is -2.43. The van der Waals surface area contributed by atoms with Gasteiger partial charge in [0.25, 0.3) is 0 Å². The molecule has 154 valence electrons. The molecular formula is C18H29F2IN4O2. The molecule has 1 aromatic carbocycles. The first-order valence-electron chi connectivity index (χ1n) is 8.85. The summed E-state index contributed by atoms with van der Waals surface area (Å²) in [5, 5.41) is 6.42. The van der Waals surface area contributed by atoms with E-state index in [4.69, 9.17) is 4.74 Å². The number of halogens is 3. The molecule has 1 aliphatic rings. The van der Waals surface area contributed by atoms with Crippen LogP contribution in [0, 0.1) is 5.92 Å². The Morgan fingerprint density at radius 2 is 1.96 bits per heavy atom. The van der Waals surface area contributed by atoms with Gasteiger partial charge < -0.3 is 20.1 Å². The first-order valence-corrected chi connectivity index (χ1v) is 8.85. The van der Waals surface area contributed by atoms with E-state index in [9.17, 15) is 8.78 Å². The number of para-hydroxylation sites is 1. The highest BCUT2D eigenvalue weighted by Crippen LogP contribution is 2.19. The third-order valence-corrected chi connectivity index (χ3v) is 4.15. The lowest BCUT2D eigenvalue weighted by atomic mass is 10.1. The molecule has 1 atom stereocenters. The molecule has 1 unspecified atom stereocenters. The normalized spacial score (nSPS) is 16.6. The van der Waals surface area contributed by atoms with Gasteiger partial charge >= 0.3 is 6.61 Å². The molecule has 0 amide bonds. The topological polar surface area (TPSA) is 58.1 Å². The average molecular weight is 498 g/mol. The molecule has 2 N–H and O–H groups in total. The number of aliphatic imine (C=N–C) groups is 1. The second-order valence-corrected chi connectivity index (χ2v) is 6.31. The molecule has 1 heterocycles. The Bertz CT molecular complexity index is 572. The first kappa shape index (κ1) is 23.8. The fourth-order valence-corrected chi connectivity index (χ4v) is 2.82. The Balaban J connectivity index is 0.00000364. The van der Waals surface area contributed by atoms with E-state index in [0.29, 0.717) is 24.0 Å². The van der Waals surface area contributed by atoms with Crippen molar-refractivity contribution < 1.29 is 18.3 Å². The van der Waals surface area contributed by atoms with E-state index >= 15 is 0 Å². The fraction of sp³-hybridized carbons (Fsp3) is 0.611. The van der Waals surface area contributed by atoms with Gasteiger partial charge in [0.2, 0.25) is 0 Å². The predicted molar refractivity (Wildman–Crippen MR) is 113 cm³/mol.